The number of anilines is 1. The number of thiophene rings is 1. The van der Waals surface area contributed by atoms with Gasteiger partial charge in [-0.25, -0.2) is 18.5 Å². The molecule has 2 N–H and O–H groups in total. The average molecular weight is 675 g/mol. The quantitative estimate of drug-likeness (QED) is 0.276. The third-order valence-corrected chi connectivity index (χ3v) is 11.4. The van der Waals surface area contributed by atoms with Gasteiger partial charge in [-0.1, -0.05) is 11.3 Å². The van der Waals surface area contributed by atoms with E-state index in [2.05, 4.69) is 21.9 Å². The summed E-state index contributed by atoms with van der Waals surface area (Å²) < 4.78 is 97.5. The van der Waals surface area contributed by atoms with Crippen molar-refractivity contribution in [3.05, 3.63) is 40.2 Å². The van der Waals surface area contributed by atoms with Crippen LogP contribution in [0.5, 0.6) is 0 Å². The van der Waals surface area contributed by atoms with Crippen molar-refractivity contribution in [2.24, 2.45) is 5.41 Å². The molecule has 3 aliphatic heterocycles. The fourth-order valence-corrected chi connectivity index (χ4v) is 8.70. The van der Waals surface area contributed by atoms with Gasteiger partial charge >= 0.3 is 17.4 Å². The number of hydrogen-bond donors (Lipinski definition) is 2. The second-order valence-corrected chi connectivity index (χ2v) is 13.8. The van der Waals surface area contributed by atoms with Crippen LogP contribution in [0.15, 0.2) is 28.7 Å². The number of nitrogens with zero attached hydrogens (tertiary/aromatic N) is 6. The van der Waals surface area contributed by atoms with Crippen molar-refractivity contribution in [1.82, 2.24) is 19.2 Å². The highest BCUT2D eigenvalue weighted by Gasteiger charge is 2.72. The minimum Gasteiger partial charge on any atom is -0.393 e. The zero-order valence-corrected chi connectivity index (χ0v) is 24.6. The highest BCUT2D eigenvalue weighted by atomic mass is 32.2. The van der Waals surface area contributed by atoms with E-state index >= 15 is 0 Å². The lowest BCUT2D eigenvalue weighted by Gasteiger charge is -2.55. The van der Waals surface area contributed by atoms with Crippen molar-refractivity contribution in [3.8, 4) is 0 Å². The van der Waals surface area contributed by atoms with E-state index in [1.807, 2.05) is 0 Å². The molecule has 1 saturated carbocycles. The number of likely N-dealkylation sites (N-methyl/N-ethyl adjacent to an activating group) is 1. The van der Waals surface area contributed by atoms with Crippen LogP contribution in [0, 0.1) is 15.5 Å². The maximum atomic E-state index is 12.9. The van der Waals surface area contributed by atoms with Crippen LogP contribution >= 0.6 is 11.3 Å². The van der Waals surface area contributed by atoms with E-state index < -0.39 is 39.4 Å². The van der Waals surface area contributed by atoms with E-state index in [1.165, 1.54) is 21.3 Å². The van der Waals surface area contributed by atoms with Gasteiger partial charge in [0.1, 0.15) is 15.2 Å². The average Bonchev–Trinajstić information content (AvgIpc) is 3.68. The van der Waals surface area contributed by atoms with Gasteiger partial charge < -0.3 is 19.8 Å². The molecular weight excluding hydrogens is 646 g/mol. The Kier molecular flexibility index (Phi) is 8.75. The minimum atomic E-state index is -6.04. The number of aromatic nitrogens is 2. The third kappa shape index (κ3) is 5.58. The number of halogens is 6. The molecule has 0 radical (unpaired) electrons. The molecule has 4 fully saturated rings. The molecule has 6 rings (SSSR count). The number of alkyl halides is 6. The summed E-state index contributed by atoms with van der Waals surface area (Å²) in [6.07, 6.45) is -9.71. The predicted molar refractivity (Wildman–Crippen MR) is 143 cm³/mol. The number of aliphatic hydroxyl groups excluding tert-OH is 1. The van der Waals surface area contributed by atoms with Crippen molar-refractivity contribution in [3.63, 3.8) is 0 Å². The SMILES string of the molecule is CN1C2COCC23CC(O)CC13.O=[N+]([O-])c1ccc(S(=O)N2CCN(c3ncc(C(O)(C(F)(F)F)C(F)(F)F)cn3)CC2)s1. The van der Waals surface area contributed by atoms with Gasteiger partial charge in [-0.05, 0) is 26.0 Å². The number of ether oxygens (including phenoxy) is 1. The van der Waals surface area contributed by atoms with Crippen LogP contribution in [0.2, 0.25) is 0 Å². The van der Waals surface area contributed by atoms with Gasteiger partial charge in [0.15, 0.2) is 0 Å². The van der Waals surface area contributed by atoms with Gasteiger partial charge in [-0.15, -0.1) is 0 Å². The lowest BCUT2D eigenvalue weighted by Crippen LogP contribution is -2.67. The minimum absolute atomic E-state index is 0.0795. The molecule has 244 valence electrons. The summed E-state index contributed by atoms with van der Waals surface area (Å²) in [4.78, 5) is 21.0. The van der Waals surface area contributed by atoms with Crippen LogP contribution in [0.1, 0.15) is 18.4 Å². The Bertz CT molecular complexity index is 1370. The molecule has 2 aromatic rings. The summed E-state index contributed by atoms with van der Waals surface area (Å²) in [6, 6.07) is 3.79. The molecule has 0 bridgehead atoms. The molecule has 0 amide bonds. The molecule has 20 heteroatoms. The number of hydrogen-bond acceptors (Lipinski definition) is 11. The van der Waals surface area contributed by atoms with Gasteiger partial charge in [0.25, 0.3) is 5.60 Å². The molecule has 44 heavy (non-hydrogen) atoms. The van der Waals surface area contributed by atoms with Crippen LogP contribution in [0.3, 0.4) is 0 Å². The number of rotatable bonds is 5. The Morgan fingerprint density at radius 1 is 1.09 bits per heavy atom. The molecular formula is C24H28F6N6O6S2. The third-order valence-electron chi connectivity index (χ3n) is 8.62. The standard InChI is InChI=1S/C15H13F6N5O4S2.C9H15NO2/c16-14(17,18)13(27,15(19,20)21)9-7-22-12(23-8-9)24-3-5-25(6-4-24)32(30)11-2-1-10(31-11)26(28)29;1-10-7-2-6(11)3-9(7)5-12-4-8(9)10/h1-2,7-8,27H,3-6H2;6-8,11H,2-5H2,1H3. The van der Waals surface area contributed by atoms with Crippen molar-refractivity contribution in [1.29, 1.82) is 0 Å². The van der Waals surface area contributed by atoms with Gasteiger partial charge in [0.05, 0.1) is 24.2 Å². The molecule has 0 aromatic carbocycles. The van der Waals surface area contributed by atoms with Crippen LogP contribution in [-0.4, -0.2) is 115 Å². The van der Waals surface area contributed by atoms with Crippen LogP contribution in [0.4, 0.5) is 37.3 Å². The number of aliphatic hydroxyl groups is 2. The van der Waals surface area contributed by atoms with Gasteiger partial charge in [-0.3, -0.25) is 15.0 Å². The predicted octanol–water partition coefficient (Wildman–Crippen LogP) is 2.44. The van der Waals surface area contributed by atoms with E-state index in [0.717, 1.165) is 37.4 Å². The van der Waals surface area contributed by atoms with E-state index in [1.54, 1.807) is 0 Å². The fraction of sp³-hybridized carbons (Fsp3) is 0.667. The van der Waals surface area contributed by atoms with Crippen LogP contribution < -0.4 is 4.90 Å². The zero-order valence-electron chi connectivity index (χ0n) is 23.0. The summed E-state index contributed by atoms with van der Waals surface area (Å²) in [5, 5.41) is 29.5. The van der Waals surface area contributed by atoms with Crippen LogP contribution in [0.25, 0.3) is 0 Å². The van der Waals surface area contributed by atoms with Crippen molar-refractivity contribution < 1.29 is 50.4 Å². The molecule has 5 unspecified atom stereocenters. The number of piperazine rings is 1. The second-order valence-electron chi connectivity index (χ2n) is 11.0. The van der Waals surface area contributed by atoms with Gasteiger partial charge in [-0.2, -0.15) is 26.3 Å². The highest BCUT2D eigenvalue weighted by molar-refractivity contribution is 7.85. The van der Waals surface area contributed by atoms with Gasteiger partial charge in [0.2, 0.25) is 5.95 Å². The fourth-order valence-electron chi connectivity index (χ4n) is 6.36. The smallest absolute Gasteiger partial charge is 0.393 e. The first-order chi connectivity index (χ1) is 20.5. The van der Waals surface area contributed by atoms with E-state index in [0.29, 0.717) is 17.5 Å². The molecule has 1 aliphatic carbocycles. The Morgan fingerprint density at radius 3 is 2.25 bits per heavy atom. The normalized spacial score (nSPS) is 28.5. The first kappa shape index (κ1) is 32.9. The van der Waals surface area contributed by atoms with E-state index in [-0.39, 0.29) is 59.8 Å². The topological polar surface area (TPSA) is 145 Å². The van der Waals surface area contributed by atoms with E-state index in [9.17, 15) is 50.9 Å². The molecule has 1 spiro atoms. The molecule has 2 aromatic heterocycles. The number of likely N-dealkylation sites (tertiary alicyclic amines) is 1. The lowest BCUT2D eigenvalue weighted by molar-refractivity contribution is -0.380. The lowest BCUT2D eigenvalue weighted by atomic mass is 9.69. The highest BCUT2D eigenvalue weighted by Crippen LogP contribution is 2.56. The van der Waals surface area contributed by atoms with E-state index in [4.69, 9.17) is 4.74 Å². The number of nitro groups is 1. The summed E-state index contributed by atoms with van der Waals surface area (Å²) >= 11 is 0.761. The molecule has 4 aliphatic rings. The largest absolute Gasteiger partial charge is 0.430 e. The maximum Gasteiger partial charge on any atom is 0.430 e. The first-order valence-electron chi connectivity index (χ1n) is 13.3. The molecule has 5 heterocycles. The molecule has 5 atom stereocenters. The van der Waals surface area contributed by atoms with Crippen LogP contribution in [-0.2, 0) is 21.3 Å². The zero-order chi connectivity index (χ0) is 32.2. The Balaban J connectivity index is 0.000000262. The summed E-state index contributed by atoms with van der Waals surface area (Å²) in [5.74, 6) is -0.169. The summed E-state index contributed by atoms with van der Waals surface area (Å²) in [7, 11) is 0.478. The summed E-state index contributed by atoms with van der Waals surface area (Å²) in [5.41, 5.74) is -6.34. The van der Waals surface area contributed by atoms with Crippen molar-refractivity contribution in [2.75, 3.05) is 51.3 Å². The van der Waals surface area contributed by atoms with Crippen molar-refractivity contribution >= 4 is 33.3 Å². The monoisotopic (exact) mass is 674 g/mol. The van der Waals surface area contributed by atoms with Crippen molar-refractivity contribution in [2.45, 2.75) is 53.2 Å². The molecule has 12 nitrogen and oxygen atoms in total. The first-order valence-corrected chi connectivity index (χ1v) is 15.2. The van der Waals surface area contributed by atoms with Gasteiger partial charge in [0, 0.05) is 67.7 Å². The summed E-state index contributed by atoms with van der Waals surface area (Å²) in [6.45, 7) is 2.36. The molecule has 3 saturated heterocycles. The maximum absolute atomic E-state index is 12.9. The Morgan fingerprint density at radius 2 is 1.70 bits per heavy atom. The second kappa shape index (κ2) is 11.7. The Hall–Kier alpha value is -2.49. The Labute approximate surface area is 253 Å².